The molecule has 2 aromatic carbocycles. The Kier molecular flexibility index (Phi) is 4.02. The molecule has 0 heterocycles. The zero-order chi connectivity index (χ0) is 14.7. The smallest absolute Gasteiger partial charge is 0.123 e. The molecule has 1 N–H and O–H groups in total. The maximum absolute atomic E-state index is 13.1. The zero-order valence-corrected chi connectivity index (χ0v) is 11.9. The van der Waals surface area contributed by atoms with Gasteiger partial charge in [0.15, 0.2) is 0 Å². The molecule has 0 spiro atoms. The molecule has 0 aromatic heterocycles. The van der Waals surface area contributed by atoms with Gasteiger partial charge < -0.3 is 5.32 Å². The summed E-state index contributed by atoms with van der Waals surface area (Å²) in [6.07, 6.45) is 4.46. The fraction of sp³-hybridized carbons (Fsp3) is 0.333. The second-order valence-corrected chi connectivity index (χ2v) is 5.78. The first kappa shape index (κ1) is 14.2. The largest absolute Gasteiger partial charge is 0.303 e. The van der Waals surface area contributed by atoms with Crippen molar-refractivity contribution in [2.75, 3.05) is 0 Å². The Morgan fingerprint density at radius 2 is 1.33 bits per heavy atom. The van der Waals surface area contributed by atoms with E-state index in [9.17, 15) is 8.78 Å². The molecule has 110 valence electrons. The second-order valence-electron chi connectivity index (χ2n) is 5.78. The number of benzene rings is 2. The summed E-state index contributed by atoms with van der Waals surface area (Å²) in [5.74, 6) is -0.418. The standard InChI is InChI=1S/C18H19F2N/c19-16-7-3-14(4-8-16)13-21-18(11-1-2-12-18)15-5-9-17(20)10-6-15/h3-10,21H,1-2,11-13H2. The molecule has 3 heteroatoms. The maximum atomic E-state index is 13.1. The molecule has 0 aliphatic heterocycles. The third-order valence-corrected chi connectivity index (χ3v) is 4.40. The highest BCUT2D eigenvalue weighted by Gasteiger charge is 2.34. The lowest BCUT2D eigenvalue weighted by Gasteiger charge is -2.31. The minimum Gasteiger partial charge on any atom is -0.303 e. The van der Waals surface area contributed by atoms with E-state index in [1.165, 1.54) is 37.1 Å². The van der Waals surface area contributed by atoms with Crippen molar-refractivity contribution in [1.82, 2.24) is 5.32 Å². The van der Waals surface area contributed by atoms with Crippen LogP contribution in [0.2, 0.25) is 0 Å². The van der Waals surface area contributed by atoms with Gasteiger partial charge >= 0.3 is 0 Å². The highest BCUT2D eigenvalue weighted by molar-refractivity contribution is 5.27. The van der Waals surface area contributed by atoms with E-state index in [-0.39, 0.29) is 17.2 Å². The predicted octanol–water partition coefficient (Wildman–Crippen LogP) is 4.52. The molecule has 0 bridgehead atoms. The summed E-state index contributed by atoms with van der Waals surface area (Å²) >= 11 is 0. The van der Waals surface area contributed by atoms with E-state index >= 15 is 0 Å². The van der Waals surface area contributed by atoms with E-state index in [0.717, 1.165) is 24.0 Å². The number of rotatable bonds is 4. The maximum Gasteiger partial charge on any atom is 0.123 e. The summed E-state index contributed by atoms with van der Waals surface area (Å²) in [7, 11) is 0. The second kappa shape index (κ2) is 5.94. The van der Waals surface area contributed by atoms with E-state index in [2.05, 4.69) is 5.32 Å². The molecule has 0 unspecified atom stereocenters. The van der Waals surface area contributed by atoms with E-state index in [4.69, 9.17) is 0 Å². The molecule has 1 saturated carbocycles. The quantitative estimate of drug-likeness (QED) is 0.871. The van der Waals surface area contributed by atoms with Gasteiger partial charge in [-0.1, -0.05) is 37.1 Å². The van der Waals surface area contributed by atoms with Crippen LogP contribution in [0, 0.1) is 11.6 Å². The first-order chi connectivity index (χ1) is 10.2. The monoisotopic (exact) mass is 287 g/mol. The molecule has 0 amide bonds. The lowest BCUT2D eigenvalue weighted by Crippen LogP contribution is -2.39. The van der Waals surface area contributed by atoms with Gasteiger partial charge in [0.25, 0.3) is 0 Å². The van der Waals surface area contributed by atoms with Gasteiger partial charge in [0.05, 0.1) is 0 Å². The van der Waals surface area contributed by atoms with Crippen LogP contribution >= 0.6 is 0 Å². The molecule has 0 saturated heterocycles. The number of halogens is 2. The van der Waals surface area contributed by atoms with Crippen LogP contribution < -0.4 is 5.32 Å². The highest BCUT2D eigenvalue weighted by Crippen LogP contribution is 2.39. The van der Waals surface area contributed by atoms with Crippen molar-refractivity contribution in [1.29, 1.82) is 0 Å². The van der Waals surface area contributed by atoms with E-state index in [1.54, 1.807) is 12.1 Å². The third kappa shape index (κ3) is 3.13. The first-order valence-corrected chi connectivity index (χ1v) is 7.43. The normalized spacial score (nSPS) is 17.0. The van der Waals surface area contributed by atoms with Gasteiger partial charge in [0, 0.05) is 12.1 Å². The Hall–Kier alpha value is -1.74. The van der Waals surface area contributed by atoms with Crippen LogP contribution in [-0.2, 0) is 12.1 Å². The summed E-state index contributed by atoms with van der Waals surface area (Å²) < 4.78 is 26.1. The van der Waals surface area contributed by atoms with Crippen molar-refractivity contribution in [3.05, 3.63) is 71.3 Å². The van der Waals surface area contributed by atoms with Crippen molar-refractivity contribution >= 4 is 0 Å². The van der Waals surface area contributed by atoms with Gasteiger partial charge in [-0.2, -0.15) is 0 Å². The van der Waals surface area contributed by atoms with Crippen LogP contribution in [0.3, 0.4) is 0 Å². The van der Waals surface area contributed by atoms with Crippen molar-refractivity contribution in [2.24, 2.45) is 0 Å². The Bertz CT molecular complexity index is 584. The zero-order valence-electron chi connectivity index (χ0n) is 11.9. The minimum atomic E-state index is -0.215. The Morgan fingerprint density at radius 1 is 0.810 bits per heavy atom. The van der Waals surface area contributed by atoms with Gasteiger partial charge in [0.2, 0.25) is 0 Å². The lowest BCUT2D eigenvalue weighted by atomic mass is 9.88. The van der Waals surface area contributed by atoms with Crippen LogP contribution in [0.15, 0.2) is 48.5 Å². The van der Waals surface area contributed by atoms with Gasteiger partial charge in [-0.3, -0.25) is 0 Å². The fourth-order valence-corrected chi connectivity index (χ4v) is 3.19. The van der Waals surface area contributed by atoms with E-state index < -0.39 is 0 Å². The average Bonchev–Trinajstić information content (AvgIpc) is 2.97. The SMILES string of the molecule is Fc1ccc(CNC2(c3ccc(F)cc3)CCCC2)cc1. The minimum absolute atomic E-state index is 0.0813. The molecule has 2 aromatic rings. The Labute approximate surface area is 124 Å². The van der Waals surface area contributed by atoms with Crippen molar-refractivity contribution < 1.29 is 8.78 Å². The van der Waals surface area contributed by atoms with Crippen LogP contribution in [-0.4, -0.2) is 0 Å². The third-order valence-electron chi connectivity index (χ3n) is 4.40. The molecular weight excluding hydrogens is 268 g/mol. The lowest BCUT2D eigenvalue weighted by molar-refractivity contribution is 0.338. The molecule has 1 nitrogen and oxygen atoms in total. The molecule has 21 heavy (non-hydrogen) atoms. The molecule has 1 aliphatic rings. The molecule has 0 radical (unpaired) electrons. The van der Waals surface area contributed by atoms with Crippen molar-refractivity contribution in [3.8, 4) is 0 Å². The van der Waals surface area contributed by atoms with Gasteiger partial charge in [-0.15, -0.1) is 0 Å². The fourth-order valence-electron chi connectivity index (χ4n) is 3.19. The number of nitrogens with one attached hydrogen (secondary N) is 1. The van der Waals surface area contributed by atoms with E-state index in [0.29, 0.717) is 6.54 Å². The summed E-state index contributed by atoms with van der Waals surface area (Å²) in [4.78, 5) is 0. The van der Waals surface area contributed by atoms with Gasteiger partial charge in [0.1, 0.15) is 11.6 Å². The highest BCUT2D eigenvalue weighted by atomic mass is 19.1. The number of hydrogen-bond donors (Lipinski definition) is 1. The van der Waals surface area contributed by atoms with Gasteiger partial charge in [-0.05, 0) is 48.2 Å². The summed E-state index contributed by atoms with van der Waals surface area (Å²) in [6, 6.07) is 13.4. The van der Waals surface area contributed by atoms with Crippen LogP contribution in [0.5, 0.6) is 0 Å². The van der Waals surface area contributed by atoms with E-state index in [1.807, 2.05) is 12.1 Å². The van der Waals surface area contributed by atoms with Crippen LogP contribution in [0.1, 0.15) is 36.8 Å². The van der Waals surface area contributed by atoms with Crippen molar-refractivity contribution in [3.63, 3.8) is 0 Å². The van der Waals surface area contributed by atoms with Crippen molar-refractivity contribution in [2.45, 2.75) is 37.8 Å². The Balaban J connectivity index is 1.78. The predicted molar refractivity (Wildman–Crippen MR) is 79.8 cm³/mol. The molecule has 1 fully saturated rings. The van der Waals surface area contributed by atoms with Crippen LogP contribution in [0.4, 0.5) is 8.78 Å². The van der Waals surface area contributed by atoms with Crippen LogP contribution in [0.25, 0.3) is 0 Å². The summed E-state index contributed by atoms with van der Waals surface area (Å²) in [6.45, 7) is 0.692. The topological polar surface area (TPSA) is 12.0 Å². The molecule has 0 atom stereocenters. The first-order valence-electron chi connectivity index (χ1n) is 7.43. The average molecular weight is 287 g/mol. The summed E-state index contributed by atoms with van der Waals surface area (Å²) in [5, 5.41) is 3.62. The molecule has 1 aliphatic carbocycles. The molecule has 3 rings (SSSR count). The number of hydrogen-bond acceptors (Lipinski definition) is 1. The van der Waals surface area contributed by atoms with Gasteiger partial charge in [-0.25, -0.2) is 8.78 Å². The Morgan fingerprint density at radius 3 is 1.90 bits per heavy atom. The summed E-state index contributed by atoms with van der Waals surface area (Å²) in [5.41, 5.74) is 2.12. The molecular formula is C18H19F2N.